The summed E-state index contributed by atoms with van der Waals surface area (Å²) >= 11 is 0. The third-order valence-corrected chi connectivity index (χ3v) is 4.44. The van der Waals surface area contributed by atoms with Gasteiger partial charge in [-0.15, -0.1) is 0 Å². The Bertz CT molecular complexity index is 785. The Morgan fingerprint density at radius 3 is 2.73 bits per heavy atom. The van der Waals surface area contributed by atoms with Gasteiger partial charge in [0, 0.05) is 24.4 Å². The predicted octanol–water partition coefficient (Wildman–Crippen LogP) is 3.51. The Morgan fingerprint density at radius 2 is 2.09 bits per heavy atom. The molecule has 3 rings (SSSR count). The lowest BCUT2D eigenvalue weighted by Crippen LogP contribution is -2.04. The molecule has 0 aliphatic heterocycles. The van der Waals surface area contributed by atoms with Crippen molar-refractivity contribution in [2.24, 2.45) is 7.05 Å². The first kappa shape index (κ1) is 14.6. The van der Waals surface area contributed by atoms with Crippen LogP contribution in [0.25, 0.3) is 16.7 Å². The van der Waals surface area contributed by atoms with Crippen molar-refractivity contribution in [1.29, 1.82) is 0 Å². The van der Waals surface area contributed by atoms with Crippen molar-refractivity contribution in [2.45, 2.75) is 33.1 Å². The number of carbonyl (C=O) groups is 1. The molecule has 22 heavy (non-hydrogen) atoms. The predicted molar refractivity (Wildman–Crippen MR) is 86.7 cm³/mol. The number of aliphatic carboxylic acids is 1. The van der Waals surface area contributed by atoms with Crippen LogP contribution >= 0.6 is 0 Å². The molecule has 0 fully saturated rings. The molecule has 0 saturated carbocycles. The zero-order chi connectivity index (χ0) is 15.9. The van der Waals surface area contributed by atoms with Crippen molar-refractivity contribution < 1.29 is 9.90 Å². The molecule has 0 radical (unpaired) electrons. The average Bonchev–Trinajstić information content (AvgIpc) is 2.72. The molecule has 114 valence electrons. The first-order valence-electron chi connectivity index (χ1n) is 7.54. The first-order valence-corrected chi connectivity index (χ1v) is 7.54. The summed E-state index contributed by atoms with van der Waals surface area (Å²) in [5, 5.41) is 13.6. The molecule has 1 aliphatic carbocycles. The molecule has 4 heteroatoms. The number of hydrogen-bond donors (Lipinski definition) is 1. The summed E-state index contributed by atoms with van der Waals surface area (Å²) in [6.45, 7) is 4.07. The molecule has 1 aromatic heterocycles. The molecule has 4 nitrogen and oxygen atoms in total. The molecule has 0 amide bonds. The molecule has 1 aliphatic rings. The van der Waals surface area contributed by atoms with Gasteiger partial charge in [0.1, 0.15) is 0 Å². The minimum atomic E-state index is -0.873. The number of fused-ring (bicyclic) bond motifs is 1. The van der Waals surface area contributed by atoms with E-state index in [0.717, 1.165) is 52.9 Å². The minimum Gasteiger partial charge on any atom is -0.478 e. The third-order valence-electron chi connectivity index (χ3n) is 4.44. The maximum absolute atomic E-state index is 11.1. The number of carboxylic acid groups (broad SMARTS) is 1. The average molecular weight is 296 g/mol. The molecule has 0 spiro atoms. The molecule has 1 heterocycles. The summed E-state index contributed by atoms with van der Waals surface area (Å²) in [5.74, 6) is -0.873. The van der Waals surface area contributed by atoms with Crippen LogP contribution in [0.2, 0.25) is 0 Å². The molecule has 2 aromatic rings. The fraction of sp³-hybridized carbons (Fsp3) is 0.333. The standard InChI is InChI=1S/C18H20N2O2/c1-11-18(12(2)20(3)19-11)15-8-7-13-5-4-6-14(10-17(21)22)16(13)9-15/h7-10H,4-6H2,1-3H3,(H,21,22)/b14-10+. The Hall–Kier alpha value is -2.36. The maximum Gasteiger partial charge on any atom is 0.328 e. The summed E-state index contributed by atoms with van der Waals surface area (Å²) in [5.41, 5.74) is 7.62. The van der Waals surface area contributed by atoms with Gasteiger partial charge in [0.25, 0.3) is 0 Å². The topological polar surface area (TPSA) is 55.1 Å². The lowest BCUT2D eigenvalue weighted by molar-refractivity contribution is -0.131. The summed E-state index contributed by atoms with van der Waals surface area (Å²) in [7, 11) is 1.94. The van der Waals surface area contributed by atoms with Crippen LogP contribution in [0.5, 0.6) is 0 Å². The molecule has 0 atom stereocenters. The molecule has 0 unspecified atom stereocenters. The van der Waals surface area contributed by atoms with E-state index in [0.29, 0.717) is 0 Å². The number of carboxylic acids is 1. The van der Waals surface area contributed by atoms with Gasteiger partial charge >= 0.3 is 5.97 Å². The second kappa shape index (κ2) is 5.44. The van der Waals surface area contributed by atoms with E-state index >= 15 is 0 Å². The van der Waals surface area contributed by atoms with Gasteiger partial charge in [-0.2, -0.15) is 5.10 Å². The van der Waals surface area contributed by atoms with Gasteiger partial charge in [-0.05, 0) is 61.4 Å². The summed E-state index contributed by atoms with van der Waals surface area (Å²) in [4.78, 5) is 11.1. The summed E-state index contributed by atoms with van der Waals surface area (Å²) in [6.07, 6.45) is 4.20. The molecular formula is C18H20N2O2. The number of nitrogens with zero attached hydrogens (tertiary/aromatic N) is 2. The molecule has 0 saturated heterocycles. The van der Waals surface area contributed by atoms with Crippen molar-refractivity contribution in [2.75, 3.05) is 0 Å². The minimum absolute atomic E-state index is 0.827. The van der Waals surface area contributed by atoms with Crippen LogP contribution in [0.15, 0.2) is 24.3 Å². The molecule has 0 bridgehead atoms. The van der Waals surface area contributed by atoms with Crippen LogP contribution < -0.4 is 0 Å². The lowest BCUT2D eigenvalue weighted by atomic mass is 9.85. The number of hydrogen-bond acceptors (Lipinski definition) is 2. The Kier molecular flexibility index (Phi) is 3.61. The number of aromatic nitrogens is 2. The van der Waals surface area contributed by atoms with Gasteiger partial charge in [-0.3, -0.25) is 4.68 Å². The van der Waals surface area contributed by atoms with Crippen molar-refractivity contribution >= 4 is 11.5 Å². The highest BCUT2D eigenvalue weighted by Crippen LogP contribution is 2.35. The summed E-state index contributed by atoms with van der Waals surface area (Å²) < 4.78 is 1.89. The van der Waals surface area contributed by atoms with Gasteiger partial charge in [-0.25, -0.2) is 4.79 Å². The van der Waals surface area contributed by atoms with E-state index in [1.54, 1.807) is 0 Å². The maximum atomic E-state index is 11.1. The van der Waals surface area contributed by atoms with Gasteiger partial charge in [-0.1, -0.05) is 12.1 Å². The van der Waals surface area contributed by atoms with E-state index in [4.69, 9.17) is 5.11 Å². The normalized spacial score (nSPS) is 15.9. The molecule has 1 N–H and O–H groups in total. The van der Waals surface area contributed by atoms with E-state index in [1.807, 2.05) is 18.7 Å². The Labute approximate surface area is 130 Å². The number of benzene rings is 1. The highest BCUT2D eigenvalue weighted by atomic mass is 16.4. The van der Waals surface area contributed by atoms with Crippen molar-refractivity contribution in [3.05, 3.63) is 46.8 Å². The monoisotopic (exact) mass is 296 g/mol. The lowest BCUT2D eigenvalue weighted by Gasteiger charge is -2.20. The quantitative estimate of drug-likeness (QED) is 0.863. The zero-order valence-corrected chi connectivity index (χ0v) is 13.2. The Balaban J connectivity index is 2.15. The first-order chi connectivity index (χ1) is 10.5. The molecule has 1 aromatic carbocycles. The smallest absolute Gasteiger partial charge is 0.328 e. The zero-order valence-electron chi connectivity index (χ0n) is 13.2. The van der Waals surface area contributed by atoms with Crippen LogP contribution in [-0.2, 0) is 18.3 Å². The van der Waals surface area contributed by atoms with E-state index in [-0.39, 0.29) is 0 Å². The van der Waals surface area contributed by atoms with Crippen molar-refractivity contribution in [1.82, 2.24) is 9.78 Å². The summed E-state index contributed by atoms with van der Waals surface area (Å²) in [6, 6.07) is 6.38. The SMILES string of the molecule is Cc1nn(C)c(C)c1-c1ccc2c(c1)/C(=C/C(=O)O)CCC2. The van der Waals surface area contributed by atoms with Crippen LogP contribution in [0.4, 0.5) is 0 Å². The van der Waals surface area contributed by atoms with Gasteiger partial charge < -0.3 is 5.11 Å². The van der Waals surface area contributed by atoms with Crippen LogP contribution in [0, 0.1) is 13.8 Å². The highest BCUT2D eigenvalue weighted by Gasteiger charge is 2.18. The van der Waals surface area contributed by atoms with Crippen molar-refractivity contribution in [3.63, 3.8) is 0 Å². The van der Waals surface area contributed by atoms with Crippen LogP contribution in [0.1, 0.15) is 35.4 Å². The fourth-order valence-corrected chi connectivity index (χ4v) is 3.34. The van der Waals surface area contributed by atoms with E-state index < -0.39 is 5.97 Å². The number of rotatable bonds is 2. The van der Waals surface area contributed by atoms with E-state index in [9.17, 15) is 4.79 Å². The van der Waals surface area contributed by atoms with E-state index in [2.05, 4.69) is 30.2 Å². The van der Waals surface area contributed by atoms with Crippen molar-refractivity contribution in [3.8, 4) is 11.1 Å². The van der Waals surface area contributed by atoms with Crippen LogP contribution in [-0.4, -0.2) is 20.9 Å². The highest BCUT2D eigenvalue weighted by molar-refractivity contribution is 5.91. The number of allylic oxidation sites excluding steroid dienone is 1. The second-order valence-electron chi connectivity index (χ2n) is 5.90. The fourth-order valence-electron chi connectivity index (χ4n) is 3.34. The van der Waals surface area contributed by atoms with Gasteiger partial charge in [0.15, 0.2) is 0 Å². The van der Waals surface area contributed by atoms with Crippen LogP contribution in [0.3, 0.4) is 0 Å². The third kappa shape index (κ3) is 2.45. The Morgan fingerprint density at radius 1 is 1.32 bits per heavy atom. The number of aryl methyl sites for hydroxylation is 3. The van der Waals surface area contributed by atoms with E-state index in [1.165, 1.54) is 11.6 Å². The second-order valence-corrected chi connectivity index (χ2v) is 5.90. The van der Waals surface area contributed by atoms with Gasteiger partial charge in [0.2, 0.25) is 0 Å². The molecular weight excluding hydrogens is 276 g/mol. The van der Waals surface area contributed by atoms with Gasteiger partial charge in [0.05, 0.1) is 5.69 Å². The largest absolute Gasteiger partial charge is 0.478 e.